The van der Waals surface area contributed by atoms with E-state index < -0.39 is 9.84 Å². The normalized spacial score (nSPS) is 18.3. The van der Waals surface area contributed by atoms with Crippen molar-refractivity contribution in [1.29, 1.82) is 0 Å². The van der Waals surface area contributed by atoms with E-state index in [9.17, 15) is 18.0 Å². The summed E-state index contributed by atoms with van der Waals surface area (Å²) in [6.07, 6.45) is 0.438. The SMILES string of the molecule is CC(C)CN(C(=O)Cn1nc(-c2ccccc2)ccc1=O)[C@@H]1CCS(=O)(=O)C1. The van der Waals surface area contributed by atoms with Gasteiger partial charge in [-0.2, -0.15) is 5.10 Å². The number of carbonyl (C=O) groups excluding carboxylic acids is 1. The van der Waals surface area contributed by atoms with Crippen molar-refractivity contribution in [2.75, 3.05) is 18.1 Å². The maximum atomic E-state index is 13.0. The van der Waals surface area contributed by atoms with Gasteiger partial charge >= 0.3 is 0 Å². The van der Waals surface area contributed by atoms with E-state index >= 15 is 0 Å². The number of carbonyl (C=O) groups is 1. The number of sulfone groups is 1. The Morgan fingerprint density at radius 2 is 1.93 bits per heavy atom. The maximum absolute atomic E-state index is 13.0. The molecule has 0 radical (unpaired) electrons. The highest BCUT2D eigenvalue weighted by molar-refractivity contribution is 7.91. The molecule has 0 bridgehead atoms. The summed E-state index contributed by atoms with van der Waals surface area (Å²) < 4.78 is 24.9. The Labute approximate surface area is 164 Å². The third-order valence-corrected chi connectivity index (χ3v) is 6.50. The lowest BCUT2D eigenvalue weighted by Gasteiger charge is -2.30. The summed E-state index contributed by atoms with van der Waals surface area (Å²) in [5.74, 6) is -0.0118. The Bertz CT molecular complexity index is 1000. The fourth-order valence-corrected chi connectivity index (χ4v) is 5.14. The maximum Gasteiger partial charge on any atom is 0.267 e. The minimum absolute atomic E-state index is 0.0160. The quantitative estimate of drug-likeness (QED) is 0.731. The van der Waals surface area contributed by atoms with E-state index in [1.165, 1.54) is 6.07 Å². The highest BCUT2D eigenvalue weighted by Gasteiger charge is 2.35. The zero-order valence-corrected chi connectivity index (χ0v) is 16.9. The number of benzene rings is 1. The smallest absolute Gasteiger partial charge is 0.267 e. The number of amides is 1. The molecule has 1 fully saturated rings. The third kappa shape index (κ3) is 4.86. The summed E-state index contributed by atoms with van der Waals surface area (Å²) in [7, 11) is -3.11. The summed E-state index contributed by atoms with van der Waals surface area (Å²) in [4.78, 5) is 26.8. The number of hydrogen-bond donors (Lipinski definition) is 0. The van der Waals surface area contributed by atoms with Crippen molar-refractivity contribution < 1.29 is 13.2 Å². The molecule has 0 N–H and O–H groups in total. The van der Waals surface area contributed by atoms with Crippen LogP contribution in [0, 0.1) is 5.92 Å². The summed E-state index contributed by atoms with van der Waals surface area (Å²) in [6.45, 7) is 4.20. The summed E-state index contributed by atoms with van der Waals surface area (Å²) >= 11 is 0. The lowest BCUT2D eigenvalue weighted by atomic mass is 10.1. The van der Waals surface area contributed by atoms with Crippen LogP contribution < -0.4 is 5.56 Å². The van der Waals surface area contributed by atoms with Gasteiger partial charge in [0.15, 0.2) is 9.84 Å². The summed E-state index contributed by atoms with van der Waals surface area (Å²) in [5.41, 5.74) is 1.09. The van der Waals surface area contributed by atoms with E-state index in [2.05, 4.69) is 5.10 Å². The van der Waals surface area contributed by atoms with Crippen LogP contribution in [0.25, 0.3) is 11.3 Å². The predicted molar refractivity (Wildman–Crippen MR) is 108 cm³/mol. The molecule has 0 aliphatic carbocycles. The van der Waals surface area contributed by atoms with Gasteiger partial charge in [0.25, 0.3) is 5.56 Å². The highest BCUT2D eigenvalue weighted by Crippen LogP contribution is 2.20. The fraction of sp³-hybridized carbons (Fsp3) is 0.450. The first-order valence-electron chi connectivity index (χ1n) is 9.38. The lowest BCUT2D eigenvalue weighted by Crippen LogP contribution is -2.46. The molecule has 1 atom stereocenters. The van der Waals surface area contributed by atoms with Crippen LogP contribution >= 0.6 is 0 Å². The van der Waals surface area contributed by atoms with Gasteiger partial charge in [0.1, 0.15) is 6.54 Å². The van der Waals surface area contributed by atoms with Crippen LogP contribution in [0.15, 0.2) is 47.3 Å². The van der Waals surface area contributed by atoms with E-state index in [1.54, 1.807) is 11.0 Å². The van der Waals surface area contributed by atoms with Crippen molar-refractivity contribution in [1.82, 2.24) is 14.7 Å². The van der Waals surface area contributed by atoms with Crippen molar-refractivity contribution in [2.24, 2.45) is 5.92 Å². The average Bonchev–Trinajstić information content (AvgIpc) is 3.01. The molecule has 0 unspecified atom stereocenters. The van der Waals surface area contributed by atoms with Gasteiger partial charge in [-0.05, 0) is 18.4 Å². The van der Waals surface area contributed by atoms with E-state index in [1.807, 2.05) is 44.2 Å². The molecule has 1 saturated heterocycles. The second kappa shape index (κ2) is 8.26. The van der Waals surface area contributed by atoms with Crippen LogP contribution in [0.4, 0.5) is 0 Å². The van der Waals surface area contributed by atoms with Crippen molar-refractivity contribution in [3.63, 3.8) is 0 Å². The molecule has 150 valence electrons. The standard InChI is InChI=1S/C20H25N3O4S/c1-15(2)12-22(17-10-11-28(26,27)14-17)20(25)13-23-19(24)9-8-18(21-23)16-6-4-3-5-7-16/h3-9,15,17H,10-14H2,1-2H3/t17-/m1/s1. The van der Waals surface area contributed by atoms with Gasteiger partial charge in [0.2, 0.25) is 5.91 Å². The Balaban J connectivity index is 1.84. The monoisotopic (exact) mass is 403 g/mol. The molecule has 0 saturated carbocycles. The first kappa shape index (κ1) is 20.3. The van der Waals surface area contributed by atoms with Gasteiger partial charge in [-0.3, -0.25) is 9.59 Å². The zero-order valence-electron chi connectivity index (χ0n) is 16.1. The molecule has 1 aromatic carbocycles. The molecule has 2 heterocycles. The number of nitrogens with zero attached hydrogens (tertiary/aromatic N) is 3. The average molecular weight is 404 g/mol. The van der Waals surface area contributed by atoms with Crippen molar-refractivity contribution in [3.05, 3.63) is 52.8 Å². The molecule has 8 heteroatoms. The van der Waals surface area contributed by atoms with Crippen LogP contribution in [0.1, 0.15) is 20.3 Å². The highest BCUT2D eigenvalue weighted by atomic mass is 32.2. The number of hydrogen-bond acceptors (Lipinski definition) is 5. The van der Waals surface area contributed by atoms with Crippen LogP contribution in [0.5, 0.6) is 0 Å². The molecular weight excluding hydrogens is 378 g/mol. The molecule has 1 aliphatic rings. The summed E-state index contributed by atoms with van der Waals surface area (Å²) in [5, 5.41) is 4.34. The third-order valence-electron chi connectivity index (χ3n) is 4.75. The van der Waals surface area contributed by atoms with Crippen LogP contribution in [-0.2, 0) is 21.2 Å². The fourth-order valence-electron chi connectivity index (χ4n) is 3.41. The van der Waals surface area contributed by atoms with Crippen molar-refractivity contribution in [3.8, 4) is 11.3 Å². The molecule has 28 heavy (non-hydrogen) atoms. The van der Waals surface area contributed by atoms with Crippen molar-refractivity contribution in [2.45, 2.75) is 32.9 Å². The molecular formula is C20H25N3O4S. The van der Waals surface area contributed by atoms with Gasteiger partial charge in [-0.15, -0.1) is 0 Å². The molecule has 1 aliphatic heterocycles. The van der Waals surface area contributed by atoms with Gasteiger partial charge in [-0.1, -0.05) is 44.2 Å². The zero-order chi connectivity index (χ0) is 20.3. The Hall–Kier alpha value is -2.48. The molecule has 1 amide bonds. The van der Waals surface area contributed by atoms with E-state index in [0.29, 0.717) is 18.7 Å². The summed E-state index contributed by atoms with van der Waals surface area (Å²) in [6, 6.07) is 12.1. The van der Waals surface area contributed by atoms with Gasteiger partial charge in [0, 0.05) is 24.2 Å². The first-order chi connectivity index (χ1) is 13.2. The lowest BCUT2D eigenvalue weighted by molar-refractivity contribution is -0.134. The second-order valence-corrected chi connectivity index (χ2v) is 9.81. The topological polar surface area (TPSA) is 89.3 Å². The minimum atomic E-state index is -3.11. The largest absolute Gasteiger partial charge is 0.337 e. The van der Waals surface area contributed by atoms with Gasteiger partial charge in [-0.25, -0.2) is 13.1 Å². The van der Waals surface area contributed by atoms with E-state index in [-0.39, 0.29) is 41.5 Å². The molecule has 3 rings (SSSR count). The van der Waals surface area contributed by atoms with E-state index in [4.69, 9.17) is 0 Å². The second-order valence-electron chi connectivity index (χ2n) is 7.58. The number of aromatic nitrogens is 2. The first-order valence-corrected chi connectivity index (χ1v) is 11.2. The Morgan fingerprint density at radius 1 is 1.21 bits per heavy atom. The number of rotatable bonds is 6. The molecule has 0 spiro atoms. The van der Waals surface area contributed by atoms with Crippen LogP contribution in [-0.4, -0.2) is 53.1 Å². The van der Waals surface area contributed by atoms with Crippen LogP contribution in [0.2, 0.25) is 0 Å². The van der Waals surface area contributed by atoms with Crippen LogP contribution in [0.3, 0.4) is 0 Å². The van der Waals surface area contributed by atoms with Crippen molar-refractivity contribution >= 4 is 15.7 Å². The predicted octanol–water partition coefficient (Wildman–Crippen LogP) is 1.58. The molecule has 1 aromatic heterocycles. The Morgan fingerprint density at radius 3 is 2.54 bits per heavy atom. The van der Waals surface area contributed by atoms with E-state index in [0.717, 1.165) is 10.2 Å². The van der Waals surface area contributed by atoms with Gasteiger partial charge < -0.3 is 4.90 Å². The minimum Gasteiger partial charge on any atom is -0.337 e. The molecule has 2 aromatic rings. The Kier molecular flexibility index (Phi) is 5.98. The molecule has 7 nitrogen and oxygen atoms in total. The van der Waals surface area contributed by atoms with Gasteiger partial charge in [0.05, 0.1) is 17.2 Å².